The SMILES string of the molecule is Cl.Cl.Cl.NCCCCN(CCCN)CCCCCNCc1c2ccccc2cc2ccccc12. The number of nitrogens with one attached hydrogen (secondary N) is 1. The van der Waals surface area contributed by atoms with Crippen LogP contribution in [0.15, 0.2) is 54.6 Å². The molecule has 5 N–H and O–H groups in total. The van der Waals surface area contributed by atoms with Crippen molar-refractivity contribution >= 4 is 58.8 Å². The Bertz CT molecular complexity index is 869. The van der Waals surface area contributed by atoms with E-state index >= 15 is 0 Å². The lowest BCUT2D eigenvalue weighted by Crippen LogP contribution is -2.29. The largest absolute Gasteiger partial charge is 0.330 e. The minimum absolute atomic E-state index is 0. The second kappa shape index (κ2) is 19.1. The van der Waals surface area contributed by atoms with Crippen LogP contribution in [0.2, 0.25) is 0 Å². The number of nitrogens with two attached hydrogens (primary N) is 2. The van der Waals surface area contributed by atoms with Gasteiger partial charge in [-0.1, -0.05) is 55.0 Å². The topological polar surface area (TPSA) is 67.3 Å². The van der Waals surface area contributed by atoms with Crippen molar-refractivity contribution in [3.63, 3.8) is 0 Å². The van der Waals surface area contributed by atoms with Crippen LogP contribution < -0.4 is 16.8 Å². The van der Waals surface area contributed by atoms with Crippen molar-refractivity contribution in [3.05, 3.63) is 60.2 Å². The van der Waals surface area contributed by atoms with Gasteiger partial charge in [0.1, 0.15) is 0 Å². The third-order valence-electron chi connectivity index (χ3n) is 6.12. The number of unbranched alkanes of at least 4 members (excludes halogenated alkanes) is 3. The summed E-state index contributed by atoms with van der Waals surface area (Å²) in [4.78, 5) is 2.57. The van der Waals surface area contributed by atoms with E-state index in [1.807, 2.05) is 0 Å². The van der Waals surface area contributed by atoms with Crippen LogP contribution >= 0.6 is 37.2 Å². The summed E-state index contributed by atoms with van der Waals surface area (Å²) in [6.45, 7) is 7.01. The molecule has 0 saturated carbocycles. The van der Waals surface area contributed by atoms with E-state index in [0.29, 0.717) is 0 Å². The summed E-state index contributed by atoms with van der Waals surface area (Å²) in [7, 11) is 0. The van der Waals surface area contributed by atoms with Gasteiger partial charge in [-0.05, 0) is 105 Å². The van der Waals surface area contributed by atoms with Crippen molar-refractivity contribution in [2.75, 3.05) is 39.3 Å². The highest BCUT2D eigenvalue weighted by Gasteiger charge is 2.07. The quantitative estimate of drug-likeness (QED) is 0.169. The molecule has 0 aliphatic heterocycles. The van der Waals surface area contributed by atoms with Gasteiger partial charge in [0, 0.05) is 6.54 Å². The summed E-state index contributed by atoms with van der Waals surface area (Å²) < 4.78 is 0. The molecule has 0 aromatic heterocycles. The monoisotopic (exact) mass is 528 g/mol. The van der Waals surface area contributed by atoms with Gasteiger partial charge in [0.05, 0.1) is 0 Å². The molecule has 3 aromatic rings. The number of benzene rings is 3. The molecule has 0 fully saturated rings. The van der Waals surface area contributed by atoms with E-state index in [2.05, 4.69) is 64.8 Å². The molecule has 192 valence electrons. The van der Waals surface area contributed by atoms with E-state index in [0.717, 1.165) is 52.1 Å². The Hall–Kier alpha value is -1.11. The number of nitrogens with zero attached hydrogens (tertiary/aromatic N) is 1. The highest BCUT2D eigenvalue weighted by atomic mass is 35.5. The minimum Gasteiger partial charge on any atom is -0.330 e. The third-order valence-corrected chi connectivity index (χ3v) is 6.12. The normalized spacial score (nSPS) is 10.7. The van der Waals surface area contributed by atoms with Gasteiger partial charge in [-0.15, -0.1) is 37.2 Å². The van der Waals surface area contributed by atoms with Gasteiger partial charge in [0.25, 0.3) is 0 Å². The van der Waals surface area contributed by atoms with Crippen molar-refractivity contribution in [2.24, 2.45) is 11.5 Å². The molecule has 0 amide bonds. The highest BCUT2D eigenvalue weighted by Crippen LogP contribution is 2.28. The lowest BCUT2D eigenvalue weighted by molar-refractivity contribution is 0.260. The first-order valence-corrected chi connectivity index (χ1v) is 12.1. The molecule has 0 unspecified atom stereocenters. The fourth-order valence-electron chi connectivity index (χ4n) is 4.40. The Morgan fingerprint density at radius 1 is 0.618 bits per heavy atom. The molecule has 0 radical (unpaired) electrons. The van der Waals surface area contributed by atoms with Crippen LogP contribution in [0.3, 0.4) is 0 Å². The zero-order chi connectivity index (χ0) is 21.7. The minimum atomic E-state index is 0. The number of hydrogen-bond donors (Lipinski definition) is 3. The summed E-state index contributed by atoms with van der Waals surface area (Å²) in [6, 6.07) is 19.8. The Labute approximate surface area is 224 Å². The lowest BCUT2D eigenvalue weighted by Gasteiger charge is -2.22. The molecule has 34 heavy (non-hydrogen) atoms. The molecular formula is C27H43Cl3N4. The molecule has 0 spiro atoms. The Kier molecular flexibility index (Phi) is 18.5. The van der Waals surface area contributed by atoms with E-state index < -0.39 is 0 Å². The van der Waals surface area contributed by atoms with Gasteiger partial charge in [-0.3, -0.25) is 0 Å². The number of hydrogen-bond acceptors (Lipinski definition) is 4. The Morgan fingerprint density at radius 3 is 1.74 bits per heavy atom. The molecule has 7 heteroatoms. The van der Waals surface area contributed by atoms with E-state index in [-0.39, 0.29) is 37.2 Å². The first-order valence-electron chi connectivity index (χ1n) is 12.1. The predicted octanol–water partition coefficient (Wildman–Crippen LogP) is 5.91. The van der Waals surface area contributed by atoms with Gasteiger partial charge in [-0.25, -0.2) is 0 Å². The van der Waals surface area contributed by atoms with E-state index in [4.69, 9.17) is 11.5 Å². The Morgan fingerprint density at radius 2 is 1.15 bits per heavy atom. The molecule has 0 saturated heterocycles. The smallest absolute Gasteiger partial charge is 0.0217 e. The molecule has 0 heterocycles. The van der Waals surface area contributed by atoms with Crippen LogP contribution in [-0.4, -0.2) is 44.2 Å². The molecule has 3 aromatic carbocycles. The molecule has 0 atom stereocenters. The first-order chi connectivity index (χ1) is 15.3. The summed E-state index contributed by atoms with van der Waals surface area (Å²) in [5, 5.41) is 9.08. The molecule has 4 nitrogen and oxygen atoms in total. The zero-order valence-electron chi connectivity index (χ0n) is 20.2. The highest BCUT2D eigenvalue weighted by molar-refractivity contribution is 6.02. The van der Waals surface area contributed by atoms with E-state index in [1.54, 1.807) is 0 Å². The summed E-state index contributed by atoms with van der Waals surface area (Å²) in [6.07, 6.45) is 7.14. The second-order valence-electron chi connectivity index (χ2n) is 8.51. The maximum Gasteiger partial charge on any atom is 0.0217 e. The standard InChI is InChI=1S/C27H40N4.3ClH/c28-15-6-9-19-31(20-10-16-29)18-8-1-7-17-30-22-27-25-13-4-2-11-23(25)21-24-12-3-5-14-26(24)27;;;/h2-5,11-14,21,30H,1,6-10,15-20,22,28-29H2;3*1H. The van der Waals surface area contributed by atoms with E-state index in [9.17, 15) is 0 Å². The lowest BCUT2D eigenvalue weighted by atomic mass is 9.97. The van der Waals surface area contributed by atoms with Crippen molar-refractivity contribution in [1.29, 1.82) is 0 Å². The zero-order valence-corrected chi connectivity index (χ0v) is 22.7. The fraction of sp³-hybridized carbons (Fsp3) is 0.481. The number of fused-ring (bicyclic) bond motifs is 2. The van der Waals surface area contributed by atoms with Crippen LogP contribution in [0.5, 0.6) is 0 Å². The average Bonchev–Trinajstić information content (AvgIpc) is 2.80. The van der Waals surface area contributed by atoms with Crippen molar-refractivity contribution < 1.29 is 0 Å². The average molecular weight is 530 g/mol. The molecular weight excluding hydrogens is 487 g/mol. The van der Waals surface area contributed by atoms with Gasteiger partial charge >= 0.3 is 0 Å². The molecule has 0 aliphatic rings. The van der Waals surface area contributed by atoms with Gasteiger partial charge in [0.2, 0.25) is 0 Å². The number of halogens is 3. The fourth-order valence-corrected chi connectivity index (χ4v) is 4.40. The van der Waals surface area contributed by atoms with Crippen molar-refractivity contribution in [1.82, 2.24) is 10.2 Å². The number of rotatable bonds is 15. The van der Waals surface area contributed by atoms with Crippen LogP contribution in [-0.2, 0) is 6.54 Å². The third kappa shape index (κ3) is 10.2. The van der Waals surface area contributed by atoms with Gasteiger partial charge in [-0.2, -0.15) is 0 Å². The summed E-state index contributed by atoms with van der Waals surface area (Å²) in [5.74, 6) is 0. The van der Waals surface area contributed by atoms with Crippen molar-refractivity contribution in [2.45, 2.75) is 45.1 Å². The molecule has 0 bridgehead atoms. The van der Waals surface area contributed by atoms with Gasteiger partial charge < -0.3 is 21.7 Å². The first kappa shape index (κ1) is 32.9. The summed E-state index contributed by atoms with van der Waals surface area (Å²) in [5.41, 5.74) is 12.8. The predicted molar refractivity (Wildman–Crippen MR) is 157 cm³/mol. The maximum atomic E-state index is 5.70. The molecule has 3 rings (SSSR count). The Balaban J connectivity index is 0.00000363. The van der Waals surface area contributed by atoms with Crippen LogP contribution in [0, 0.1) is 0 Å². The summed E-state index contributed by atoms with van der Waals surface area (Å²) >= 11 is 0. The van der Waals surface area contributed by atoms with E-state index in [1.165, 1.54) is 59.3 Å². The maximum absolute atomic E-state index is 5.70. The van der Waals surface area contributed by atoms with Crippen molar-refractivity contribution in [3.8, 4) is 0 Å². The second-order valence-corrected chi connectivity index (χ2v) is 8.51. The van der Waals surface area contributed by atoms with Crippen LogP contribution in [0.1, 0.15) is 44.1 Å². The molecule has 0 aliphatic carbocycles. The van der Waals surface area contributed by atoms with Crippen LogP contribution in [0.25, 0.3) is 21.5 Å². The van der Waals surface area contributed by atoms with Crippen LogP contribution in [0.4, 0.5) is 0 Å². The van der Waals surface area contributed by atoms with Gasteiger partial charge in [0.15, 0.2) is 0 Å².